The Kier molecular flexibility index (Phi) is 3.43. The number of benzene rings is 2. The molecule has 0 fully saturated rings. The molecule has 0 bridgehead atoms. The van der Waals surface area contributed by atoms with E-state index in [-0.39, 0.29) is 17.4 Å². The summed E-state index contributed by atoms with van der Waals surface area (Å²) in [6.45, 7) is 0.553. The fourth-order valence-corrected chi connectivity index (χ4v) is 3.81. The summed E-state index contributed by atoms with van der Waals surface area (Å²) in [6.07, 6.45) is 4.41. The Balaban J connectivity index is 1.61. The highest BCUT2D eigenvalue weighted by atomic mass is 16.2. The van der Waals surface area contributed by atoms with Gasteiger partial charge in [0.25, 0.3) is 11.5 Å². The standard InChI is InChI=1S/C21H16N4O2/c26-20-18-10-22-13-25(18)19(11-23-20)21(27)24-12-16(14-6-2-1-3-7-14)15-8-4-5-9-17(15)24/h1-11,13,16H,12H2,(H,23,26). The van der Waals surface area contributed by atoms with E-state index in [9.17, 15) is 9.59 Å². The van der Waals surface area contributed by atoms with Gasteiger partial charge in [0.1, 0.15) is 17.5 Å². The van der Waals surface area contributed by atoms with Crippen molar-refractivity contribution in [2.75, 3.05) is 11.4 Å². The van der Waals surface area contributed by atoms with Gasteiger partial charge in [0.05, 0.1) is 6.20 Å². The fraction of sp³-hybridized carbons (Fsp3) is 0.0952. The summed E-state index contributed by atoms with van der Waals surface area (Å²) < 4.78 is 1.54. The summed E-state index contributed by atoms with van der Waals surface area (Å²) in [5.41, 5.74) is 3.67. The second-order valence-electron chi connectivity index (χ2n) is 6.59. The summed E-state index contributed by atoms with van der Waals surface area (Å²) in [5.74, 6) is -0.0486. The highest BCUT2D eigenvalue weighted by Crippen LogP contribution is 2.40. The average Bonchev–Trinajstić information content (AvgIpc) is 3.34. The van der Waals surface area contributed by atoms with E-state index in [1.54, 1.807) is 9.30 Å². The molecule has 4 aromatic rings. The van der Waals surface area contributed by atoms with Gasteiger partial charge in [-0.3, -0.25) is 14.0 Å². The molecule has 27 heavy (non-hydrogen) atoms. The number of imidazole rings is 1. The number of carbonyl (C=O) groups is 1. The van der Waals surface area contributed by atoms with Crippen molar-refractivity contribution >= 4 is 17.1 Å². The van der Waals surface area contributed by atoms with Crippen LogP contribution in [0.1, 0.15) is 27.5 Å². The Hall–Kier alpha value is -3.67. The molecule has 1 unspecified atom stereocenters. The van der Waals surface area contributed by atoms with Crippen molar-refractivity contribution in [3.05, 3.63) is 100 Å². The van der Waals surface area contributed by atoms with Gasteiger partial charge in [0.15, 0.2) is 0 Å². The van der Waals surface area contributed by atoms with E-state index >= 15 is 0 Å². The smallest absolute Gasteiger partial charge is 0.276 e. The van der Waals surface area contributed by atoms with E-state index in [0.717, 1.165) is 11.3 Å². The van der Waals surface area contributed by atoms with Gasteiger partial charge in [-0.15, -0.1) is 0 Å². The van der Waals surface area contributed by atoms with Crippen LogP contribution in [0.4, 0.5) is 5.69 Å². The molecule has 0 radical (unpaired) electrons. The van der Waals surface area contributed by atoms with E-state index in [4.69, 9.17) is 0 Å². The van der Waals surface area contributed by atoms with Gasteiger partial charge < -0.3 is 9.88 Å². The Morgan fingerprint density at radius 1 is 1.07 bits per heavy atom. The van der Waals surface area contributed by atoms with E-state index in [1.807, 2.05) is 36.4 Å². The molecule has 1 amide bonds. The normalized spacial score (nSPS) is 15.9. The molecule has 2 aromatic carbocycles. The molecular weight excluding hydrogens is 340 g/mol. The highest BCUT2D eigenvalue weighted by Gasteiger charge is 2.34. The van der Waals surface area contributed by atoms with Crippen molar-refractivity contribution in [1.82, 2.24) is 14.4 Å². The molecule has 6 nitrogen and oxygen atoms in total. The first-order chi connectivity index (χ1) is 13.2. The zero-order chi connectivity index (χ0) is 18.4. The molecule has 1 N–H and O–H groups in total. The fourth-order valence-electron chi connectivity index (χ4n) is 3.81. The summed E-state index contributed by atoms with van der Waals surface area (Å²) in [6, 6.07) is 18.2. The summed E-state index contributed by atoms with van der Waals surface area (Å²) >= 11 is 0. The van der Waals surface area contributed by atoms with Gasteiger partial charge in [-0.1, -0.05) is 48.5 Å². The first-order valence-electron chi connectivity index (χ1n) is 8.73. The first-order valence-corrected chi connectivity index (χ1v) is 8.73. The van der Waals surface area contributed by atoms with Crippen LogP contribution in [0.15, 0.2) is 78.1 Å². The van der Waals surface area contributed by atoms with E-state index in [0.29, 0.717) is 17.8 Å². The molecule has 1 aliphatic rings. The molecular formula is C21H16N4O2. The zero-order valence-corrected chi connectivity index (χ0v) is 14.4. The average molecular weight is 356 g/mol. The van der Waals surface area contributed by atoms with E-state index in [1.165, 1.54) is 24.3 Å². The van der Waals surface area contributed by atoms with Gasteiger partial charge in [-0.25, -0.2) is 4.98 Å². The SMILES string of the molecule is O=C(c1c[nH]c(=O)c2cncn12)N1CC(c2ccccc2)c2ccccc21. The third-order valence-corrected chi connectivity index (χ3v) is 5.10. The van der Waals surface area contributed by atoms with Crippen LogP contribution in [0.25, 0.3) is 5.52 Å². The first kappa shape index (κ1) is 15.6. The Morgan fingerprint density at radius 3 is 2.70 bits per heavy atom. The number of H-pyrrole nitrogens is 1. The maximum Gasteiger partial charge on any atom is 0.276 e. The van der Waals surface area contributed by atoms with Gasteiger partial charge in [0, 0.05) is 24.3 Å². The van der Waals surface area contributed by atoms with Crippen molar-refractivity contribution in [3.63, 3.8) is 0 Å². The monoisotopic (exact) mass is 356 g/mol. The number of nitrogens with one attached hydrogen (secondary N) is 1. The molecule has 3 heterocycles. The predicted molar refractivity (Wildman–Crippen MR) is 102 cm³/mol. The lowest BCUT2D eigenvalue weighted by atomic mass is 9.93. The topological polar surface area (TPSA) is 70.5 Å². The minimum Gasteiger partial charge on any atom is -0.325 e. The van der Waals surface area contributed by atoms with Crippen molar-refractivity contribution < 1.29 is 4.79 Å². The largest absolute Gasteiger partial charge is 0.325 e. The third kappa shape index (κ3) is 2.38. The van der Waals surface area contributed by atoms with Crippen LogP contribution in [0.3, 0.4) is 0 Å². The van der Waals surface area contributed by atoms with Gasteiger partial charge >= 0.3 is 0 Å². The molecule has 0 saturated carbocycles. The summed E-state index contributed by atoms with van der Waals surface area (Å²) in [7, 11) is 0. The van der Waals surface area contributed by atoms with E-state index in [2.05, 4.69) is 28.2 Å². The van der Waals surface area contributed by atoms with Crippen molar-refractivity contribution in [1.29, 1.82) is 0 Å². The van der Waals surface area contributed by atoms with Gasteiger partial charge in [-0.05, 0) is 17.2 Å². The van der Waals surface area contributed by atoms with Crippen molar-refractivity contribution in [2.24, 2.45) is 0 Å². The third-order valence-electron chi connectivity index (χ3n) is 5.10. The second kappa shape index (κ2) is 5.95. The molecule has 0 spiro atoms. The number of hydrogen-bond donors (Lipinski definition) is 1. The van der Waals surface area contributed by atoms with E-state index < -0.39 is 0 Å². The highest BCUT2D eigenvalue weighted by molar-refractivity contribution is 6.06. The minimum absolute atomic E-state index is 0.118. The number of anilines is 1. The molecule has 1 atom stereocenters. The maximum atomic E-state index is 13.4. The summed E-state index contributed by atoms with van der Waals surface area (Å²) in [5, 5.41) is 0. The van der Waals surface area contributed by atoms with Crippen LogP contribution in [0.2, 0.25) is 0 Å². The molecule has 1 aliphatic heterocycles. The number of hydrogen-bond acceptors (Lipinski definition) is 3. The quantitative estimate of drug-likeness (QED) is 0.600. The molecule has 5 rings (SSSR count). The Labute approximate surface area is 154 Å². The molecule has 0 aliphatic carbocycles. The van der Waals surface area contributed by atoms with Crippen molar-refractivity contribution in [2.45, 2.75) is 5.92 Å². The lowest BCUT2D eigenvalue weighted by Crippen LogP contribution is -2.32. The number of fused-ring (bicyclic) bond motifs is 2. The van der Waals surface area contributed by atoms with Crippen LogP contribution in [0.5, 0.6) is 0 Å². The lowest BCUT2D eigenvalue weighted by molar-refractivity contribution is 0.0982. The second-order valence-corrected chi connectivity index (χ2v) is 6.59. The number of nitrogens with zero attached hydrogens (tertiary/aromatic N) is 3. The number of para-hydroxylation sites is 1. The molecule has 2 aromatic heterocycles. The zero-order valence-electron chi connectivity index (χ0n) is 14.4. The minimum atomic E-state index is -0.270. The van der Waals surface area contributed by atoms with Crippen LogP contribution in [-0.2, 0) is 0 Å². The summed E-state index contributed by atoms with van der Waals surface area (Å²) in [4.78, 5) is 33.7. The van der Waals surface area contributed by atoms with Crippen LogP contribution in [-0.4, -0.2) is 26.8 Å². The number of amides is 1. The number of aromatic amines is 1. The number of carbonyl (C=O) groups excluding carboxylic acids is 1. The Morgan fingerprint density at radius 2 is 1.85 bits per heavy atom. The van der Waals surface area contributed by atoms with Crippen LogP contribution < -0.4 is 10.5 Å². The molecule has 132 valence electrons. The maximum absolute atomic E-state index is 13.4. The van der Waals surface area contributed by atoms with Crippen LogP contribution in [0, 0.1) is 0 Å². The number of aromatic nitrogens is 3. The van der Waals surface area contributed by atoms with Crippen molar-refractivity contribution in [3.8, 4) is 0 Å². The molecule has 0 saturated heterocycles. The molecule has 6 heteroatoms. The van der Waals surface area contributed by atoms with Gasteiger partial charge in [-0.2, -0.15) is 0 Å². The predicted octanol–water partition coefficient (Wildman–Crippen LogP) is 2.81. The Bertz CT molecular complexity index is 1210. The lowest BCUT2D eigenvalue weighted by Gasteiger charge is -2.18. The number of rotatable bonds is 2. The van der Waals surface area contributed by atoms with Gasteiger partial charge in [0.2, 0.25) is 0 Å². The van der Waals surface area contributed by atoms with Crippen LogP contribution >= 0.6 is 0 Å².